The summed E-state index contributed by atoms with van der Waals surface area (Å²) in [5.74, 6) is 1.03. The normalized spacial score (nSPS) is 19.2. The van der Waals surface area contributed by atoms with E-state index in [4.69, 9.17) is 4.74 Å². The Morgan fingerprint density at radius 1 is 1.25 bits per heavy atom. The fraction of sp³-hybridized carbons (Fsp3) is 0.625. The van der Waals surface area contributed by atoms with Crippen molar-refractivity contribution in [3.05, 3.63) is 34.9 Å². The van der Waals surface area contributed by atoms with Gasteiger partial charge in [0, 0.05) is 39.6 Å². The second-order valence-electron chi connectivity index (χ2n) is 8.95. The smallest absolute Gasteiger partial charge is 0.389 e. The Bertz CT molecular complexity index is 819. The molecule has 1 atom stereocenters. The lowest BCUT2D eigenvalue weighted by molar-refractivity contribution is -0.139. The number of amides is 1. The first-order valence-electron chi connectivity index (χ1n) is 11.2. The lowest BCUT2D eigenvalue weighted by atomic mass is 9.83. The third-order valence-electron chi connectivity index (χ3n) is 6.20. The number of halogens is 4. The standard InChI is InChI=1S/C24H32F4N2O2/c1-17-11-19-13-22(32-10-3-7-24(26,27)28)6-5-18(19)12-20(17)14-30-15-21(16-30)23(31)29(2)9-4-8-25/h5-6,12-13,17,21H,3-4,7-11,14-16H2,1-2H3/t17-/m0/s1. The van der Waals surface area contributed by atoms with Crippen LogP contribution in [0.1, 0.15) is 37.3 Å². The molecule has 0 saturated carbocycles. The van der Waals surface area contributed by atoms with Crippen LogP contribution < -0.4 is 4.74 Å². The number of fused-ring (bicyclic) bond motifs is 1. The molecule has 4 nitrogen and oxygen atoms in total. The maximum absolute atomic E-state index is 12.4. The summed E-state index contributed by atoms with van der Waals surface area (Å²) in [6.45, 7) is 4.52. The van der Waals surface area contributed by atoms with E-state index in [2.05, 4.69) is 17.9 Å². The van der Waals surface area contributed by atoms with Crippen molar-refractivity contribution in [2.45, 2.75) is 38.8 Å². The molecule has 8 heteroatoms. The molecule has 1 aliphatic heterocycles. The molecule has 2 aliphatic rings. The first kappa shape index (κ1) is 24.6. The van der Waals surface area contributed by atoms with Crippen molar-refractivity contribution in [2.75, 3.05) is 46.5 Å². The maximum atomic E-state index is 12.4. The van der Waals surface area contributed by atoms with Crippen LogP contribution >= 0.6 is 0 Å². The second-order valence-corrected chi connectivity index (χ2v) is 8.95. The molecule has 0 unspecified atom stereocenters. The zero-order chi connectivity index (χ0) is 23.3. The summed E-state index contributed by atoms with van der Waals surface area (Å²) in [4.78, 5) is 16.3. The van der Waals surface area contributed by atoms with Crippen molar-refractivity contribution >= 4 is 12.0 Å². The molecule has 1 aromatic rings. The maximum Gasteiger partial charge on any atom is 0.389 e. The van der Waals surface area contributed by atoms with Crippen LogP contribution in [0.3, 0.4) is 0 Å². The predicted octanol–water partition coefficient (Wildman–Crippen LogP) is 4.73. The number of hydrogen-bond donors (Lipinski definition) is 0. The molecule has 1 amide bonds. The van der Waals surface area contributed by atoms with Crippen molar-refractivity contribution < 1.29 is 27.1 Å². The Morgan fingerprint density at radius 3 is 2.69 bits per heavy atom. The molecule has 0 spiro atoms. The van der Waals surface area contributed by atoms with E-state index in [1.807, 2.05) is 18.2 Å². The molecule has 1 saturated heterocycles. The SMILES string of the molecule is C[C@H]1Cc2cc(OCCCC(F)(F)F)ccc2C=C1CN1CC(C(=O)N(C)CCCF)C1. The molecule has 178 valence electrons. The predicted molar refractivity (Wildman–Crippen MR) is 116 cm³/mol. The van der Waals surface area contributed by atoms with Crippen LogP contribution in [-0.4, -0.2) is 68.4 Å². The average Bonchev–Trinajstić information content (AvgIpc) is 2.70. The number of carbonyl (C=O) groups excluding carboxylic acids is 1. The fourth-order valence-electron chi connectivity index (χ4n) is 4.29. The van der Waals surface area contributed by atoms with E-state index < -0.39 is 19.3 Å². The van der Waals surface area contributed by atoms with Gasteiger partial charge in [-0.25, -0.2) is 0 Å². The van der Waals surface area contributed by atoms with Gasteiger partial charge in [0.1, 0.15) is 5.75 Å². The first-order valence-corrected chi connectivity index (χ1v) is 11.2. The zero-order valence-corrected chi connectivity index (χ0v) is 18.8. The molecule has 0 bridgehead atoms. The van der Waals surface area contributed by atoms with E-state index in [0.29, 0.717) is 24.6 Å². The minimum atomic E-state index is -4.15. The number of likely N-dealkylation sites (tertiary alicyclic amines) is 1. The highest BCUT2D eigenvalue weighted by Crippen LogP contribution is 2.33. The third-order valence-corrected chi connectivity index (χ3v) is 6.20. The summed E-state index contributed by atoms with van der Waals surface area (Å²) in [7, 11) is 1.73. The summed E-state index contributed by atoms with van der Waals surface area (Å²) < 4.78 is 54.6. The van der Waals surface area contributed by atoms with Gasteiger partial charge in [-0.3, -0.25) is 14.1 Å². The number of ether oxygens (including phenoxy) is 1. The van der Waals surface area contributed by atoms with Gasteiger partial charge in [0.25, 0.3) is 0 Å². The van der Waals surface area contributed by atoms with Crippen molar-refractivity contribution in [2.24, 2.45) is 11.8 Å². The van der Waals surface area contributed by atoms with Crippen LogP contribution in [0.2, 0.25) is 0 Å². The molecule has 0 N–H and O–H groups in total. The van der Waals surface area contributed by atoms with Crippen LogP contribution in [0.25, 0.3) is 6.08 Å². The number of alkyl halides is 4. The summed E-state index contributed by atoms with van der Waals surface area (Å²) in [6.07, 6.45) is -1.62. The minimum absolute atomic E-state index is 0.0107. The molecular weight excluding hydrogens is 424 g/mol. The van der Waals surface area contributed by atoms with E-state index in [0.717, 1.165) is 37.2 Å². The highest BCUT2D eigenvalue weighted by Gasteiger charge is 2.35. The van der Waals surface area contributed by atoms with Crippen molar-refractivity contribution in [1.82, 2.24) is 9.80 Å². The van der Waals surface area contributed by atoms with E-state index >= 15 is 0 Å². The number of nitrogens with zero attached hydrogens (tertiary/aromatic N) is 2. The average molecular weight is 457 g/mol. The topological polar surface area (TPSA) is 32.8 Å². The fourth-order valence-corrected chi connectivity index (χ4v) is 4.29. The van der Waals surface area contributed by atoms with Crippen LogP contribution in [0, 0.1) is 11.8 Å². The summed E-state index contributed by atoms with van der Waals surface area (Å²) >= 11 is 0. The summed E-state index contributed by atoms with van der Waals surface area (Å²) in [5.41, 5.74) is 3.56. The van der Waals surface area contributed by atoms with Crippen molar-refractivity contribution in [1.29, 1.82) is 0 Å². The minimum Gasteiger partial charge on any atom is -0.494 e. The van der Waals surface area contributed by atoms with Crippen LogP contribution in [-0.2, 0) is 11.2 Å². The molecule has 1 aromatic carbocycles. The summed E-state index contributed by atoms with van der Waals surface area (Å²) in [6, 6.07) is 5.70. The highest BCUT2D eigenvalue weighted by atomic mass is 19.4. The summed E-state index contributed by atoms with van der Waals surface area (Å²) in [5, 5.41) is 0. The van der Waals surface area contributed by atoms with Gasteiger partial charge < -0.3 is 9.64 Å². The van der Waals surface area contributed by atoms with E-state index in [-0.39, 0.29) is 24.9 Å². The molecular formula is C24H32F4N2O2. The Labute approximate surface area is 187 Å². The van der Waals surface area contributed by atoms with Gasteiger partial charge in [-0.05, 0) is 48.4 Å². The van der Waals surface area contributed by atoms with E-state index in [1.165, 1.54) is 5.57 Å². The third kappa shape index (κ3) is 6.70. The van der Waals surface area contributed by atoms with Gasteiger partial charge in [-0.1, -0.05) is 24.6 Å². The zero-order valence-electron chi connectivity index (χ0n) is 18.8. The molecule has 32 heavy (non-hydrogen) atoms. The van der Waals surface area contributed by atoms with Gasteiger partial charge in [-0.2, -0.15) is 13.2 Å². The lowest BCUT2D eigenvalue weighted by Crippen LogP contribution is -2.54. The Morgan fingerprint density at radius 2 is 2.00 bits per heavy atom. The van der Waals surface area contributed by atoms with Crippen LogP contribution in [0.5, 0.6) is 5.75 Å². The molecule has 0 radical (unpaired) electrons. The molecule has 0 aromatic heterocycles. The number of benzene rings is 1. The van der Waals surface area contributed by atoms with Gasteiger partial charge >= 0.3 is 6.18 Å². The number of carbonyl (C=O) groups is 1. The highest BCUT2D eigenvalue weighted by molar-refractivity contribution is 5.80. The number of rotatable bonds is 10. The Balaban J connectivity index is 1.50. The van der Waals surface area contributed by atoms with Gasteiger partial charge in [0.2, 0.25) is 5.91 Å². The van der Waals surface area contributed by atoms with Gasteiger partial charge in [0.15, 0.2) is 0 Å². The first-order chi connectivity index (χ1) is 15.2. The lowest BCUT2D eigenvalue weighted by Gasteiger charge is -2.41. The largest absolute Gasteiger partial charge is 0.494 e. The molecule has 3 rings (SSSR count). The van der Waals surface area contributed by atoms with Crippen molar-refractivity contribution in [3.8, 4) is 5.75 Å². The Kier molecular flexibility index (Phi) is 8.20. The van der Waals surface area contributed by atoms with Gasteiger partial charge in [-0.15, -0.1) is 0 Å². The van der Waals surface area contributed by atoms with E-state index in [9.17, 15) is 22.4 Å². The molecule has 1 aliphatic carbocycles. The van der Waals surface area contributed by atoms with Crippen LogP contribution in [0.15, 0.2) is 23.8 Å². The van der Waals surface area contributed by atoms with Crippen molar-refractivity contribution in [3.63, 3.8) is 0 Å². The number of hydrogen-bond acceptors (Lipinski definition) is 3. The molecule has 1 fully saturated rings. The second kappa shape index (κ2) is 10.7. The Hall–Kier alpha value is -2.09. The van der Waals surface area contributed by atoms with E-state index in [1.54, 1.807) is 11.9 Å². The quantitative estimate of drug-likeness (QED) is 0.377. The van der Waals surface area contributed by atoms with Crippen LogP contribution in [0.4, 0.5) is 17.6 Å². The monoisotopic (exact) mass is 456 g/mol. The van der Waals surface area contributed by atoms with Gasteiger partial charge in [0.05, 0.1) is 19.2 Å². The molecule has 1 heterocycles.